The van der Waals surface area contributed by atoms with Crippen LogP contribution in [0.25, 0.3) is 0 Å². The second-order valence-electron chi connectivity index (χ2n) is 3.88. The van der Waals surface area contributed by atoms with E-state index in [-0.39, 0.29) is 32.4 Å². The molecule has 0 aromatic heterocycles. The molecule has 2 aliphatic rings. The molecule has 1 saturated carbocycles. The SMILES string of the molecule is C=C1[C-]2CC2(C(C)=O)N(C)C1C.[W]. The van der Waals surface area contributed by atoms with E-state index in [2.05, 4.69) is 18.4 Å². The number of piperidine rings is 1. The number of hydrogen-bond acceptors (Lipinski definition) is 2. The smallest absolute Gasteiger partial charge is 0.135 e. The number of carbonyl (C=O) groups is 1. The maximum atomic E-state index is 11.4. The molecule has 2 nitrogen and oxygen atoms in total. The predicted molar refractivity (Wildman–Crippen MR) is 47.6 cm³/mol. The Morgan fingerprint density at radius 2 is 2.31 bits per heavy atom. The predicted octanol–water partition coefficient (Wildman–Crippen LogP) is 1.18. The first-order valence-corrected chi connectivity index (χ1v) is 4.31. The van der Waals surface area contributed by atoms with Gasteiger partial charge in [0.15, 0.2) is 0 Å². The summed E-state index contributed by atoms with van der Waals surface area (Å²) in [6.45, 7) is 7.78. The Hall–Kier alpha value is -0.0717. The van der Waals surface area contributed by atoms with Gasteiger partial charge in [-0.15, -0.1) is 0 Å². The van der Waals surface area contributed by atoms with Crippen molar-refractivity contribution in [2.75, 3.05) is 7.05 Å². The van der Waals surface area contributed by atoms with E-state index in [1.54, 1.807) is 6.92 Å². The largest absolute Gasteiger partial charge is 0.303 e. The second-order valence-corrected chi connectivity index (χ2v) is 3.88. The molecule has 2 unspecified atom stereocenters. The third-order valence-electron chi connectivity index (χ3n) is 3.46. The van der Waals surface area contributed by atoms with Gasteiger partial charge in [-0.3, -0.25) is 4.79 Å². The van der Waals surface area contributed by atoms with Gasteiger partial charge in [0, 0.05) is 26.6 Å². The van der Waals surface area contributed by atoms with E-state index in [0.29, 0.717) is 6.04 Å². The average Bonchev–Trinajstić information content (AvgIpc) is 2.71. The number of likely N-dealkylation sites (tertiary alicyclic amines) is 1. The van der Waals surface area contributed by atoms with Crippen molar-refractivity contribution in [2.24, 2.45) is 0 Å². The van der Waals surface area contributed by atoms with Gasteiger partial charge in [-0.2, -0.15) is 11.5 Å². The maximum absolute atomic E-state index is 11.4. The molecule has 0 radical (unpaired) electrons. The van der Waals surface area contributed by atoms with Gasteiger partial charge < -0.3 is 4.90 Å². The Kier molecular flexibility index (Phi) is 2.51. The number of hydrogen-bond donors (Lipinski definition) is 0. The Labute approximate surface area is 93.6 Å². The first kappa shape index (κ1) is 11.0. The Morgan fingerprint density at radius 1 is 1.77 bits per heavy atom. The zero-order valence-electron chi connectivity index (χ0n) is 8.26. The first-order chi connectivity index (χ1) is 5.51. The molecule has 2 rings (SSSR count). The van der Waals surface area contributed by atoms with Crippen LogP contribution in [0, 0.1) is 5.92 Å². The summed E-state index contributed by atoms with van der Waals surface area (Å²) in [5.74, 6) is 1.54. The summed E-state index contributed by atoms with van der Waals surface area (Å²) >= 11 is 0. The molecule has 1 aliphatic heterocycles. The van der Waals surface area contributed by atoms with Gasteiger partial charge in [-0.05, 0) is 26.9 Å². The van der Waals surface area contributed by atoms with Gasteiger partial charge in [-0.1, -0.05) is 6.42 Å². The summed E-state index contributed by atoms with van der Waals surface area (Å²) < 4.78 is 0. The minimum Gasteiger partial charge on any atom is -0.303 e. The molecule has 0 N–H and O–H groups in total. The number of ketones is 1. The summed E-state index contributed by atoms with van der Waals surface area (Å²) in [6.07, 6.45) is 0.919. The number of likely N-dealkylation sites (N-methyl/N-ethyl adjacent to an activating group) is 1. The standard InChI is InChI=1S/C10H14NO.W/c1-6-7(2)11(4)10(8(3)12)5-9(6)10;/h7H,1,5H2,2-4H3;/q-1;. The molecule has 0 aromatic rings. The van der Waals surface area contributed by atoms with Crippen LogP contribution in [-0.4, -0.2) is 29.3 Å². The van der Waals surface area contributed by atoms with Crippen LogP contribution in [0.2, 0.25) is 0 Å². The third kappa shape index (κ3) is 1.08. The van der Waals surface area contributed by atoms with Crippen LogP contribution in [0.4, 0.5) is 0 Å². The summed E-state index contributed by atoms with van der Waals surface area (Å²) in [7, 11) is 2.01. The number of carbonyl (C=O) groups excluding carboxylic acids is 1. The molecule has 0 spiro atoms. The van der Waals surface area contributed by atoms with Crippen molar-refractivity contribution >= 4 is 5.78 Å². The first-order valence-electron chi connectivity index (χ1n) is 4.31. The van der Waals surface area contributed by atoms with E-state index in [4.69, 9.17) is 0 Å². The quantitative estimate of drug-likeness (QED) is 0.664. The van der Waals surface area contributed by atoms with Gasteiger partial charge in [0.2, 0.25) is 0 Å². The minimum atomic E-state index is -0.226. The van der Waals surface area contributed by atoms with Gasteiger partial charge in [-0.25, -0.2) is 6.58 Å². The van der Waals surface area contributed by atoms with Crippen LogP contribution >= 0.6 is 0 Å². The van der Waals surface area contributed by atoms with Crippen LogP contribution in [0.3, 0.4) is 0 Å². The fourth-order valence-electron chi connectivity index (χ4n) is 2.33. The molecular formula is C10H14NOW-. The minimum absolute atomic E-state index is 0. The normalized spacial score (nSPS) is 37.0. The molecule has 2 atom stereocenters. The number of nitrogens with zero attached hydrogens (tertiary/aromatic N) is 1. The summed E-state index contributed by atoms with van der Waals surface area (Å²) in [4.78, 5) is 13.6. The van der Waals surface area contributed by atoms with Gasteiger partial charge in [0.25, 0.3) is 0 Å². The van der Waals surface area contributed by atoms with Crippen molar-refractivity contribution < 1.29 is 25.9 Å². The average molecular weight is 348 g/mol. The van der Waals surface area contributed by atoms with Gasteiger partial charge in [0.05, 0.1) is 0 Å². The number of rotatable bonds is 1. The van der Waals surface area contributed by atoms with E-state index in [1.165, 1.54) is 5.92 Å². The summed E-state index contributed by atoms with van der Waals surface area (Å²) in [6, 6.07) is 0.345. The summed E-state index contributed by atoms with van der Waals surface area (Å²) in [5, 5.41) is 0. The van der Waals surface area contributed by atoms with Crippen LogP contribution in [-0.2, 0) is 25.9 Å². The third-order valence-corrected chi connectivity index (χ3v) is 3.46. The molecule has 1 heterocycles. The van der Waals surface area contributed by atoms with Gasteiger partial charge >= 0.3 is 0 Å². The zero-order chi connectivity index (χ0) is 9.09. The van der Waals surface area contributed by atoms with E-state index in [0.717, 1.165) is 12.0 Å². The molecule has 2 fully saturated rings. The maximum Gasteiger partial charge on any atom is 0.135 e. The Balaban J connectivity index is 0.000000845. The van der Waals surface area contributed by atoms with Crippen molar-refractivity contribution in [2.45, 2.75) is 31.8 Å². The number of fused-ring (bicyclic) bond motifs is 1. The molecular weight excluding hydrogens is 334 g/mol. The Morgan fingerprint density at radius 3 is 2.54 bits per heavy atom. The molecule has 1 aliphatic carbocycles. The molecule has 0 amide bonds. The van der Waals surface area contributed by atoms with E-state index in [9.17, 15) is 4.79 Å². The van der Waals surface area contributed by atoms with Crippen molar-refractivity contribution in [3.05, 3.63) is 18.1 Å². The summed E-state index contributed by atoms with van der Waals surface area (Å²) in [5.41, 5.74) is 0.934. The Bertz CT molecular complexity index is 276. The van der Waals surface area contributed by atoms with E-state index in [1.807, 2.05) is 7.05 Å². The van der Waals surface area contributed by atoms with E-state index >= 15 is 0 Å². The fourth-order valence-corrected chi connectivity index (χ4v) is 2.33. The van der Waals surface area contributed by atoms with Crippen molar-refractivity contribution in [3.63, 3.8) is 0 Å². The van der Waals surface area contributed by atoms with Gasteiger partial charge in [0.1, 0.15) is 5.78 Å². The van der Waals surface area contributed by atoms with Crippen LogP contribution in [0.15, 0.2) is 12.2 Å². The zero-order valence-corrected chi connectivity index (χ0v) is 11.2. The van der Waals surface area contributed by atoms with Crippen molar-refractivity contribution in [1.82, 2.24) is 4.90 Å². The topological polar surface area (TPSA) is 20.3 Å². The molecule has 0 aromatic carbocycles. The van der Waals surface area contributed by atoms with E-state index < -0.39 is 0 Å². The van der Waals surface area contributed by atoms with Crippen LogP contribution in [0.1, 0.15) is 20.3 Å². The number of Topliss-reactive ketones (excluding diaryl/α,β-unsaturated/α-hetero) is 1. The fraction of sp³-hybridized carbons (Fsp3) is 0.600. The van der Waals surface area contributed by atoms with Crippen LogP contribution in [0.5, 0.6) is 0 Å². The van der Waals surface area contributed by atoms with Crippen molar-refractivity contribution in [1.29, 1.82) is 0 Å². The molecule has 13 heavy (non-hydrogen) atoms. The van der Waals surface area contributed by atoms with Crippen molar-refractivity contribution in [3.8, 4) is 0 Å². The second kappa shape index (κ2) is 2.96. The molecule has 0 bridgehead atoms. The molecule has 72 valence electrons. The molecule has 3 heteroatoms. The monoisotopic (exact) mass is 348 g/mol. The van der Waals surface area contributed by atoms with Crippen LogP contribution < -0.4 is 0 Å². The molecule has 1 saturated heterocycles.